The maximum Gasteiger partial charge on any atom is 0.472 e. The van der Waals surface area contributed by atoms with Crippen molar-refractivity contribution >= 4 is 100 Å². The lowest BCUT2D eigenvalue weighted by Crippen LogP contribution is -2.42. The highest BCUT2D eigenvalue weighted by atomic mass is 32.5. The van der Waals surface area contributed by atoms with E-state index in [9.17, 15) is 67.7 Å². The molecule has 6 fully saturated rings. The van der Waals surface area contributed by atoms with Crippen molar-refractivity contribution in [2.45, 2.75) is 196 Å². The van der Waals surface area contributed by atoms with E-state index in [0.717, 1.165) is 45.1 Å². The molecule has 8 aromatic rings. The number of nitrogens with one attached hydrogen (secondary N) is 3. The number of imidazole rings is 2. The molecule has 0 spiro atoms. The number of fused-ring (bicyclic) bond motifs is 2. The fraction of sp³-hybridized carbons (Fsp3) is 0.662. The lowest BCUT2D eigenvalue weighted by atomic mass is 10.1. The van der Waals surface area contributed by atoms with Crippen molar-refractivity contribution in [3.05, 3.63) is 145 Å². The fourth-order valence-electron chi connectivity index (χ4n) is 16.6. The topological polar surface area (TPSA) is 777 Å². The van der Waals surface area contributed by atoms with Gasteiger partial charge in [-0.25, -0.2) is 57.8 Å². The number of aliphatic hydroxyl groups excluding tert-OH is 1. The molecule has 0 aliphatic carbocycles. The molecule has 15 N–H and O–H groups in total. The Morgan fingerprint density at radius 2 is 0.759 bits per heavy atom. The maximum absolute atomic E-state index is 15.4. The van der Waals surface area contributed by atoms with Gasteiger partial charge in [0.05, 0.1) is 124 Å². The Kier molecular flexibility index (Phi) is 37.8. The fourth-order valence-corrected chi connectivity index (χ4v) is 22.4. The molecule has 145 heavy (non-hydrogen) atoms. The zero-order chi connectivity index (χ0) is 105. The van der Waals surface area contributed by atoms with Crippen LogP contribution in [-0.4, -0.2) is 345 Å². The number of ether oxygens (including phenoxy) is 16. The second-order valence-corrected chi connectivity index (χ2v) is 43.3. The lowest BCUT2D eigenvalue weighted by molar-refractivity contribution is -0.0840. The SMILES string of the molecule is CC[C@H]1O[C@@H](n2cc(C)c(N)nc2=O)C[C@H]1OP(O)(=S)OC[C@H]1O[C@@H](n2cc(C)c(=O)[nH]c2=O)C(OCCOC)[C@H]1OP(O)(=S)OC[C@H]1O[C@@H](n2cc(C)c(=O)[nH]c2=O)C(OCCOC)[C@H]1OP(=O)(O)OC[C@H]1O[C@@H](n2cnc3c(N)ncnc32)C(OCCOC)[C@H]1OP(=O)(O)OC[C@H]1O[C@@H](n2cnc3c(=O)[nH]c(C)nc32)C(OCCOC)[C@H]1OP(=O)(O)OC[C@H]1O[C@@H](n2cc(C)c(N)nc2=O)C(OCCOC)[C@H]1O. The first-order valence-electron chi connectivity index (χ1n) is 44.5. The van der Waals surface area contributed by atoms with E-state index in [-0.39, 0.29) is 122 Å². The van der Waals surface area contributed by atoms with Gasteiger partial charge in [0, 0.05) is 89.0 Å². The largest absolute Gasteiger partial charge is 0.472 e. The van der Waals surface area contributed by atoms with E-state index >= 15 is 9.13 Å². The van der Waals surface area contributed by atoms with Crippen molar-refractivity contribution in [3.63, 3.8) is 0 Å². The Balaban J connectivity index is 0.761. The molecule has 6 aliphatic rings. The number of phosphoric ester groups is 3. The second-order valence-electron chi connectivity index (χ2n) is 33.5. The third-order valence-electron chi connectivity index (χ3n) is 23.6. The molecule has 6 saturated heterocycles. The Labute approximate surface area is 830 Å². The summed E-state index contributed by atoms with van der Waals surface area (Å²) in [6.45, 7) is -8.33. The Morgan fingerprint density at radius 1 is 0.393 bits per heavy atom. The van der Waals surface area contributed by atoms with E-state index in [0.29, 0.717) is 11.1 Å². The van der Waals surface area contributed by atoms with Crippen LogP contribution in [0.2, 0.25) is 0 Å². The standard InChI is InChI=1S/C77H112N19O42P5S2/c1-12-41-42(23-48(128-41)91-24-36(2)61(78)87-74(91)101)134-142(111,144)126-32-47-55(60(122-22-17-117-11)71(131-47)94-27-39(5)67(99)90-77(94)104)138-143(112,145)127-31-46-54(57(119-19-14-114-8)70(130-46)93-26-38(4)66(98)89-76(93)103)137-141(109,110)124-29-44-52(58(120-20-15-115-9)72(132-44)95-34-83-49-63(80)81-33-82-64(49)95)136-140(107,108)125-30-45-53(59(121-21-16-116-10)73(133-45)96-35-84-50-65(96)85-40(6)86-68(50)100)135-139(105,106)123-28-43-51(97)56(118-18-13-113-7)69(129-43)92-25-37(3)62(79)88-75(92)102/h24-27,33-35,41-48,51-60,69-73,97H,12-23,28-32H2,1-11H3,(H,105,106)(H,107,108)(H,109,110)(H,111,144)(H,112,145)(H2,78,87,101)(H2,79,88,102)(H2,80,81,82)(H,85,86,100)(H,89,98,103)(H,90,99,104)/t41-,42-,43-,44-,45-,46-,47-,48-,51+,52+,53+,54+,55+,56?,57?,58?,59?,60?,69-,70-,71-,72-,73-,142?,143?/m1/s1. The van der Waals surface area contributed by atoms with Gasteiger partial charge in [0.15, 0.2) is 53.8 Å². The molecule has 8 aromatic heterocycles. The van der Waals surface area contributed by atoms with Crippen LogP contribution < -0.4 is 56.6 Å². The quantitative estimate of drug-likeness (QED) is 0.0149. The highest BCUT2D eigenvalue weighted by Gasteiger charge is 2.59. The van der Waals surface area contributed by atoms with Gasteiger partial charge in [-0.05, 0) is 64.7 Å². The van der Waals surface area contributed by atoms with Crippen LogP contribution in [0.4, 0.5) is 17.5 Å². The minimum Gasteiger partial charge on any atom is -0.387 e. The number of aryl methyl sites for hydroxylation is 5. The number of aliphatic hydroxyl groups is 1. The molecule has 6 aliphatic heterocycles. The molecular weight excluding hydrogens is 2080 g/mol. The van der Waals surface area contributed by atoms with Gasteiger partial charge < -0.3 is 141 Å². The molecule has 0 saturated carbocycles. The predicted molar refractivity (Wildman–Crippen MR) is 499 cm³/mol. The molecule has 0 radical (unpaired) electrons. The number of aromatic nitrogens is 16. The third kappa shape index (κ3) is 26.8. The van der Waals surface area contributed by atoms with E-state index in [4.69, 9.17) is 162 Å². The number of methoxy groups -OCH3 is 5. The van der Waals surface area contributed by atoms with Gasteiger partial charge in [-0.2, -0.15) is 9.97 Å². The van der Waals surface area contributed by atoms with E-state index < -0.39 is 264 Å². The molecule has 10 unspecified atom stereocenters. The van der Waals surface area contributed by atoms with Crippen molar-refractivity contribution in [3.8, 4) is 0 Å². The van der Waals surface area contributed by atoms with Crippen molar-refractivity contribution in [1.82, 2.24) is 77.2 Å². The maximum atomic E-state index is 15.4. The second kappa shape index (κ2) is 48.6. The number of nitrogens with two attached hydrogens (primary N) is 3. The van der Waals surface area contributed by atoms with Crippen molar-refractivity contribution in [1.29, 1.82) is 0 Å². The Morgan fingerprint density at radius 3 is 1.20 bits per heavy atom. The average Bonchev–Trinajstić information content (AvgIpc) is 1.61. The Bertz CT molecular complexity index is 6560. The van der Waals surface area contributed by atoms with Crippen LogP contribution in [0.5, 0.6) is 0 Å². The minimum absolute atomic E-state index is 0.00135. The summed E-state index contributed by atoms with van der Waals surface area (Å²) in [4.78, 5) is 191. The average molecular weight is 2190 g/mol. The molecule has 14 heterocycles. The number of H-pyrrole nitrogens is 3. The first-order chi connectivity index (χ1) is 68.9. The van der Waals surface area contributed by atoms with Crippen LogP contribution in [0, 0.1) is 34.6 Å². The number of nitrogens with zero attached hydrogens (tertiary/aromatic N) is 13. The molecular formula is C77H112N19O42P5S2. The first-order valence-corrected chi connectivity index (χ1v) is 54.2. The highest BCUT2D eigenvalue weighted by molar-refractivity contribution is 8.07. The van der Waals surface area contributed by atoms with Gasteiger partial charge in [-0.1, -0.05) is 6.92 Å². The summed E-state index contributed by atoms with van der Waals surface area (Å²) in [5, 5.41) is 11.8. The highest BCUT2D eigenvalue weighted by Crippen LogP contribution is 2.58. The van der Waals surface area contributed by atoms with Crippen molar-refractivity contribution in [2.75, 3.05) is 152 Å². The van der Waals surface area contributed by atoms with E-state index in [2.05, 4.69) is 49.8 Å². The van der Waals surface area contributed by atoms with Crippen LogP contribution in [0.15, 0.2) is 77.3 Å². The zero-order valence-electron chi connectivity index (χ0n) is 79.3. The summed E-state index contributed by atoms with van der Waals surface area (Å²) in [7, 11) is -10.9. The summed E-state index contributed by atoms with van der Waals surface area (Å²) in [6.07, 6.45) is -29.7. The van der Waals surface area contributed by atoms with Crippen LogP contribution in [0.25, 0.3) is 22.3 Å². The van der Waals surface area contributed by atoms with Crippen LogP contribution >= 0.6 is 36.9 Å². The number of nitrogen functional groups attached to an aromatic ring is 3. The first kappa shape index (κ1) is 113. The van der Waals surface area contributed by atoms with E-state index in [1.54, 1.807) is 20.8 Å². The number of hydrogen-bond donors (Lipinski definition) is 12. The van der Waals surface area contributed by atoms with Gasteiger partial charge in [0.25, 0.3) is 16.7 Å². The summed E-state index contributed by atoms with van der Waals surface area (Å²) in [5.41, 5.74) is 12.1. The number of aromatic amines is 3. The van der Waals surface area contributed by atoms with Gasteiger partial charge >= 0.3 is 59.7 Å². The molecule has 68 heteroatoms. The molecule has 0 amide bonds. The van der Waals surface area contributed by atoms with Crippen molar-refractivity contribution < 1.29 is 164 Å². The van der Waals surface area contributed by atoms with Crippen LogP contribution in [0.1, 0.15) is 85.2 Å². The summed E-state index contributed by atoms with van der Waals surface area (Å²) in [6, 6.07) is 0. The summed E-state index contributed by atoms with van der Waals surface area (Å²) in [5.74, 6) is -0.206. The summed E-state index contributed by atoms with van der Waals surface area (Å²) < 4.78 is 208. The smallest absolute Gasteiger partial charge is 0.387 e. The molecule has 0 bridgehead atoms. The molecule has 0 aromatic carbocycles. The van der Waals surface area contributed by atoms with Gasteiger partial charge in [0.1, 0.15) is 127 Å². The molecule has 14 rings (SSSR count). The normalized spacial score (nSPS) is 29.2. The predicted octanol–water partition coefficient (Wildman–Crippen LogP) is -1.69. The number of rotatable bonds is 52. The molecule has 28 atom stereocenters. The van der Waals surface area contributed by atoms with E-state index in [1.165, 1.54) is 82.4 Å². The minimum atomic E-state index is -5.96. The van der Waals surface area contributed by atoms with E-state index in [1.807, 2.05) is 0 Å². The lowest BCUT2D eigenvalue weighted by Gasteiger charge is -2.30. The third-order valence-corrected chi connectivity index (χ3v) is 29.7. The molecule has 61 nitrogen and oxygen atoms in total. The number of anilines is 3. The zero-order valence-corrected chi connectivity index (χ0v) is 85.4. The van der Waals surface area contributed by atoms with Gasteiger partial charge in [-0.15, -0.1) is 0 Å². The molecule has 804 valence electrons. The summed E-state index contributed by atoms with van der Waals surface area (Å²) >= 11 is 11.3. The van der Waals surface area contributed by atoms with Crippen LogP contribution in [0.3, 0.4) is 0 Å². The van der Waals surface area contributed by atoms with Gasteiger partial charge in [0.2, 0.25) is 0 Å². The van der Waals surface area contributed by atoms with Crippen LogP contribution in [-0.2, 0) is 158 Å². The van der Waals surface area contributed by atoms with Crippen molar-refractivity contribution in [2.24, 2.45) is 0 Å². The van der Waals surface area contributed by atoms with Gasteiger partial charge in [-0.3, -0.25) is 83.4 Å². The Hall–Kier alpha value is -7.87. The number of phosphoric acid groups is 3. The monoisotopic (exact) mass is 2190 g/mol. The number of hydrogen-bond acceptors (Lipinski definition) is 49.